The molecule has 0 saturated carbocycles. The highest BCUT2D eigenvalue weighted by Gasteiger charge is 1.98. The van der Waals surface area contributed by atoms with Crippen LogP contribution in [0.5, 0.6) is 0 Å². The van der Waals surface area contributed by atoms with E-state index in [0.29, 0.717) is 12.5 Å². The molecule has 0 radical (unpaired) electrons. The summed E-state index contributed by atoms with van der Waals surface area (Å²) in [5.41, 5.74) is 11.7. The number of guanidine groups is 1. The van der Waals surface area contributed by atoms with Gasteiger partial charge in [0.2, 0.25) is 0 Å². The van der Waals surface area contributed by atoms with Crippen LogP contribution in [0.2, 0.25) is 0 Å². The zero-order chi connectivity index (χ0) is 14.5. The molecule has 0 aliphatic rings. The fraction of sp³-hybridized carbons (Fsp3) is 0.235. The molecule has 3 N–H and O–H groups in total. The van der Waals surface area contributed by atoms with Crippen LogP contribution in [0.25, 0.3) is 0 Å². The summed E-state index contributed by atoms with van der Waals surface area (Å²) < 4.78 is 0. The maximum Gasteiger partial charge on any atom is 0.193 e. The number of nitrogens with zero attached hydrogens (tertiary/aromatic N) is 1. The molecular formula is C17H22IN3. The van der Waals surface area contributed by atoms with Crippen LogP contribution in [0.1, 0.15) is 22.3 Å². The Bertz CT molecular complexity index is 598. The van der Waals surface area contributed by atoms with Crippen molar-refractivity contribution in [3.05, 3.63) is 64.7 Å². The van der Waals surface area contributed by atoms with Gasteiger partial charge in [0, 0.05) is 5.69 Å². The van der Waals surface area contributed by atoms with Crippen LogP contribution in [0, 0.1) is 20.8 Å². The first-order valence-electron chi connectivity index (χ1n) is 6.74. The van der Waals surface area contributed by atoms with Gasteiger partial charge in [-0.25, -0.2) is 4.99 Å². The molecular weight excluding hydrogens is 373 g/mol. The summed E-state index contributed by atoms with van der Waals surface area (Å²) in [5, 5.41) is 3.13. The van der Waals surface area contributed by atoms with Gasteiger partial charge < -0.3 is 11.1 Å². The minimum atomic E-state index is 0. The van der Waals surface area contributed by atoms with Crippen LogP contribution < -0.4 is 11.1 Å². The lowest BCUT2D eigenvalue weighted by Gasteiger charge is -2.08. The first kappa shape index (κ1) is 17.5. The molecule has 0 fully saturated rings. The van der Waals surface area contributed by atoms with Gasteiger partial charge in [0.05, 0.1) is 6.54 Å². The van der Waals surface area contributed by atoms with Crippen LogP contribution in [0.3, 0.4) is 0 Å². The molecule has 2 aromatic carbocycles. The summed E-state index contributed by atoms with van der Waals surface area (Å²) in [4.78, 5) is 4.36. The molecule has 0 bridgehead atoms. The number of aryl methyl sites for hydroxylation is 3. The van der Waals surface area contributed by atoms with E-state index >= 15 is 0 Å². The van der Waals surface area contributed by atoms with Gasteiger partial charge in [0.25, 0.3) is 0 Å². The zero-order valence-corrected chi connectivity index (χ0v) is 15.0. The summed E-state index contributed by atoms with van der Waals surface area (Å²) >= 11 is 0. The second-order valence-corrected chi connectivity index (χ2v) is 5.19. The highest BCUT2D eigenvalue weighted by molar-refractivity contribution is 14.0. The molecule has 0 aliphatic carbocycles. The van der Waals surface area contributed by atoms with Crippen molar-refractivity contribution in [1.82, 2.24) is 0 Å². The largest absolute Gasteiger partial charge is 0.370 e. The number of nitrogens with two attached hydrogens (primary N) is 1. The lowest BCUT2D eigenvalue weighted by Crippen LogP contribution is -2.22. The average Bonchev–Trinajstić information content (AvgIpc) is 2.37. The van der Waals surface area contributed by atoms with Gasteiger partial charge in [0.15, 0.2) is 5.96 Å². The molecule has 0 unspecified atom stereocenters. The molecule has 0 saturated heterocycles. The van der Waals surface area contributed by atoms with Crippen molar-refractivity contribution in [2.75, 3.05) is 5.32 Å². The van der Waals surface area contributed by atoms with Crippen LogP contribution >= 0.6 is 24.0 Å². The summed E-state index contributed by atoms with van der Waals surface area (Å²) in [6.07, 6.45) is 0. The molecule has 0 aliphatic heterocycles. The van der Waals surface area contributed by atoms with E-state index in [2.05, 4.69) is 73.5 Å². The van der Waals surface area contributed by atoms with Gasteiger partial charge in [-0.15, -0.1) is 24.0 Å². The number of benzene rings is 2. The van der Waals surface area contributed by atoms with E-state index in [1.54, 1.807) is 0 Å². The van der Waals surface area contributed by atoms with Crippen molar-refractivity contribution < 1.29 is 0 Å². The molecule has 112 valence electrons. The van der Waals surface area contributed by atoms with Crippen LogP contribution in [0.4, 0.5) is 5.69 Å². The summed E-state index contributed by atoms with van der Waals surface area (Å²) in [7, 11) is 0. The predicted octanol–water partition coefficient (Wildman–Crippen LogP) is 4.16. The Balaban J connectivity index is 0.00000220. The summed E-state index contributed by atoms with van der Waals surface area (Å²) in [6, 6.07) is 14.6. The normalized spacial score (nSPS) is 10.9. The molecule has 0 aromatic heterocycles. The number of rotatable bonds is 3. The fourth-order valence-corrected chi connectivity index (χ4v) is 2.10. The number of nitrogens with one attached hydrogen (secondary N) is 1. The van der Waals surface area contributed by atoms with Crippen LogP contribution in [0.15, 0.2) is 47.5 Å². The third-order valence-corrected chi connectivity index (χ3v) is 3.05. The SMILES string of the molecule is Cc1ccc(CN=C(N)Nc2cc(C)cc(C)c2)cc1.I. The van der Waals surface area contributed by atoms with Crippen molar-refractivity contribution in [3.8, 4) is 0 Å². The summed E-state index contributed by atoms with van der Waals surface area (Å²) in [6.45, 7) is 6.79. The maximum atomic E-state index is 5.92. The number of aliphatic imine (C=N–C) groups is 1. The molecule has 2 aromatic rings. The smallest absolute Gasteiger partial charge is 0.193 e. The van der Waals surface area contributed by atoms with E-state index in [0.717, 1.165) is 11.3 Å². The second-order valence-electron chi connectivity index (χ2n) is 5.19. The first-order chi connectivity index (χ1) is 9.52. The second kappa shape index (κ2) is 8.02. The van der Waals surface area contributed by atoms with Crippen LogP contribution in [-0.2, 0) is 6.54 Å². The molecule has 4 heteroatoms. The maximum absolute atomic E-state index is 5.92. The molecule has 3 nitrogen and oxygen atoms in total. The minimum Gasteiger partial charge on any atom is -0.370 e. The number of hydrogen-bond acceptors (Lipinski definition) is 1. The van der Waals surface area contributed by atoms with Gasteiger partial charge in [0.1, 0.15) is 0 Å². The Hall–Kier alpha value is -1.56. The molecule has 0 spiro atoms. The summed E-state index contributed by atoms with van der Waals surface area (Å²) in [5.74, 6) is 0.440. The van der Waals surface area contributed by atoms with Crippen molar-refractivity contribution in [2.45, 2.75) is 27.3 Å². The highest BCUT2D eigenvalue weighted by Crippen LogP contribution is 2.13. The van der Waals surface area contributed by atoms with Crippen molar-refractivity contribution in [3.63, 3.8) is 0 Å². The Morgan fingerprint density at radius 1 is 0.952 bits per heavy atom. The zero-order valence-electron chi connectivity index (χ0n) is 12.7. The van der Waals surface area contributed by atoms with E-state index in [1.165, 1.54) is 16.7 Å². The fourth-order valence-electron chi connectivity index (χ4n) is 2.10. The van der Waals surface area contributed by atoms with Gasteiger partial charge >= 0.3 is 0 Å². The number of halogens is 1. The van der Waals surface area contributed by atoms with E-state index in [-0.39, 0.29) is 24.0 Å². The minimum absolute atomic E-state index is 0. The lowest BCUT2D eigenvalue weighted by atomic mass is 10.1. The third-order valence-electron chi connectivity index (χ3n) is 3.05. The van der Waals surface area contributed by atoms with E-state index in [4.69, 9.17) is 5.73 Å². The molecule has 0 atom stereocenters. The Kier molecular flexibility index (Phi) is 6.68. The highest BCUT2D eigenvalue weighted by atomic mass is 127. The van der Waals surface area contributed by atoms with E-state index < -0.39 is 0 Å². The predicted molar refractivity (Wildman–Crippen MR) is 101 cm³/mol. The average molecular weight is 395 g/mol. The number of hydrogen-bond donors (Lipinski definition) is 2. The Morgan fingerprint density at radius 2 is 1.52 bits per heavy atom. The molecule has 0 heterocycles. The number of anilines is 1. The standard InChI is InChI=1S/C17H21N3.HI/c1-12-4-6-15(7-5-12)11-19-17(18)20-16-9-13(2)8-14(3)10-16;/h4-10H,11H2,1-3H3,(H3,18,19,20);1H. The molecule has 21 heavy (non-hydrogen) atoms. The van der Waals surface area contributed by atoms with Gasteiger partial charge in [-0.1, -0.05) is 35.9 Å². The van der Waals surface area contributed by atoms with Crippen LogP contribution in [-0.4, -0.2) is 5.96 Å². The first-order valence-corrected chi connectivity index (χ1v) is 6.74. The van der Waals surface area contributed by atoms with Gasteiger partial charge in [-0.3, -0.25) is 0 Å². The Labute approximate surface area is 143 Å². The van der Waals surface area contributed by atoms with Gasteiger partial charge in [-0.05, 0) is 49.6 Å². The quantitative estimate of drug-likeness (QED) is 0.466. The van der Waals surface area contributed by atoms with Crippen molar-refractivity contribution >= 4 is 35.6 Å². The lowest BCUT2D eigenvalue weighted by molar-refractivity contribution is 1.06. The van der Waals surface area contributed by atoms with Crippen molar-refractivity contribution in [1.29, 1.82) is 0 Å². The Morgan fingerprint density at radius 3 is 2.10 bits per heavy atom. The monoisotopic (exact) mass is 395 g/mol. The van der Waals surface area contributed by atoms with E-state index in [1.807, 2.05) is 0 Å². The molecule has 2 rings (SSSR count). The third kappa shape index (κ3) is 5.75. The topological polar surface area (TPSA) is 50.4 Å². The van der Waals surface area contributed by atoms with Gasteiger partial charge in [-0.2, -0.15) is 0 Å². The van der Waals surface area contributed by atoms with Crippen molar-refractivity contribution in [2.24, 2.45) is 10.7 Å². The molecule has 0 amide bonds. The van der Waals surface area contributed by atoms with E-state index in [9.17, 15) is 0 Å².